The van der Waals surface area contributed by atoms with Crippen LogP contribution in [0, 0.1) is 20.8 Å². The fraction of sp³-hybridized carbons (Fsp3) is 0.250. The zero-order chi connectivity index (χ0) is 18.7. The molecule has 0 aliphatic carbocycles. The first-order valence-corrected chi connectivity index (χ1v) is 8.51. The maximum Gasteiger partial charge on any atom is 0.320 e. The van der Waals surface area contributed by atoms with E-state index in [-0.39, 0.29) is 6.03 Å². The highest BCUT2D eigenvalue weighted by atomic mass is 16.2. The van der Waals surface area contributed by atoms with Gasteiger partial charge in [0, 0.05) is 12.7 Å². The number of urea groups is 1. The summed E-state index contributed by atoms with van der Waals surface area (Å²) in [7, 11) is 1.89. The summed E-state index contributed by atoms with van der Waals surface area (Å²) in [4.78, 5) is 12.6. The summed E-state index contributed by atoms with van der Waals surface area (Å²) < 4.78 is 1.88. The Bertz CT molecular complexity index is 917. The van der Waals surface area contributed by atoms with Gasteiger partial charge >= 0.3 is 6.03 Å². The molecule has 3 rings (SSSR count). The molecule has 6 nitrogen and oxygen atoms in total. The highest BCUT2D eigenvalue weighted by Gasteiger charge is 2.22. The maximum atomic E-state index is 12.6. The summed E-state index contributed by atoms with van der Waals surface area (Å²) in [5, 5.41) is 14.3. The zero-order valence-electron chi connectivity index (χ0n) is 15.4. The van der Waals surface area contributed by atoms with E-state index < -0.39 is 6.04 Å². The Balaban J connectivity index is 1.86. The molecule has 0 saturated heterocycles. The first-order valence-electron chi connectivity index (χ1n) is 8.51. The molecule has 2 N–H and O–H groups in total. The van der Waals surface area contributed by atoms with E-state index in [0.29, 0.717) is 5.82 Å². The first kappa shape index (κ1) is 17.7. The van der Waals surface area contributed by atoms with Gasteiger partial charge < -0.3 is 15.2 Å². The molecular weight excluding hydrogens is 326 g/mol. The van der Waals surface area contributed by atoms with Crippen molar-refractivity contribution in [3.8, 4) is 0 Å². The van der Waals surface area contributed by atoms with Crippen LogP contribution < -0.4 is 10.6 Å². The second-order valence-electron chi connectivity index (χ2n) is 6.42. The van der Waals surface area contributed by atoms with Gasteiger partial charge in [-0.15, -0.1) is 10.2 Å². The summed E-state index contributed by atoms with van der Waals surface area (Å²) in [5.41, 5.74) is 3.91. The monoisotopic (exact) mass is 349 g/mol. The lowest BCUT2D eigenvalue weighted by molar-refractivity contribution is 0.249. The van der Waals surface area contributed by atoms with Crippen molar-refractivity contribution in [1.82, 2.24) is 20.1 Å². The lowest BCUT2D eigenvalue weighted by atomic mass is 10.1. The van der Waals surface area contributed by atoms with E-state index in [1.54, 1.807) is 0 Å². The average Bonchev–Trinajstić information content (AvgIpc) is 2.95. The average molecular weight is 349 g/mol. The fourth-order valence-electron chi connectivity index (χ4n) is 2.86. The Morgan fingerprint density at radius 3 is 2.38 bits per heavy atom. The Labute approximate surface area is 153 Å². The van der Waals surface area contributed by atoms with Crippen molar-refractivity contribution in [2.75, 3.05) is 5.32 Å². The number of nitrogens with zero attached hydrogens (tertiary/aromatic N) is 3. The molecule has 0 aliphatic rings. The molecule has 2 amide bonds. The summed E-state index contributed by atoms with van der Waals surface area (Å²) in [6.45, 7) is 5.89. The van der Waals surface area contributed by atoms with Crippen LogP contribution >= 0.6 is 0 Å². The van der Waals surface area contributed by atoms with Crippen LogP contribution in [0.5, 0.6) is 0 Å². The van der Waals surface area contributed by atoms with Crippen LogP contribution in [0.25, 0.3) is 0 Å². The SMILES string of the molecule is Cc1ccc(NC(=O)N[C@@H](c2ccccc2)c2nnc(C)n2C)c(C)c1. The predicted molar refractivity (Wildman–Crippen MR) is 102 cm³/mol. The molecule has 0 saturated carbocycles. The minimum atomic E-state index is -0.395. The second kappa shape index (κ2) is 7.39. The van der Waals surface area contributed by atoms with Crippen LogP contribution in [0.1, 0.15) is 34.4 Å². The largest absolute Gasteiger partial charge is 0.324 e. The Morgan fingerprint density at radius 2 is 1.77 bits per heavy atom. The standard InChI is InChI=1S/C20H23N5O/c1-13-10-11-17(14(2)12-13)21-20(26)22-18(16-8-6-5-7-9-16)19-24-23-15(3)25(19)4/h5-12,18H,1-4H3,(H2,21,22,26)/t18-/m0/s1. The number of aryl methyl sites for hydroxylation is 3. The molecule has 0 spiro atoms. The molecule has 1 heterocycles. The number of hydrogen-bond donors (Lipinski definition) is 2. The van der Waals surface area contributed by atoms with E-state index in [0.717, 1.165) is 28.2 Å². The number of carbonyl (C=O) groups excluding carboxylic acids is 1. The number of anilines is 1. The van der Waals surface area contributed by atoms with Crippen LogP contribution in [-0.2, 0) is 7.05 Å². The van der Waals surface area contributed by atoms with Crippen molar-refractivity contribution in [3.63, 3.8) is 0 Å². The number of rotatable bonds is 4. The van der Waals surface area contributed by atoms with Gasteiger partial charge in [-0.25, -0.2) is 4.79 Å². The Kier molecular flexibility index (Phi) is 5.02. The molecule has 3 aromatic rings. The number of aromatic nitrogens is 3. The van der Waals surface area contributed by atoms with Crippen LogP contribution in [0.4, 0.5) is 10.5 Å². The number of carbonyl (C=O) groups is 1. The van der Waals surface area contributed by atoms with Gasteiger partial charge in [-0.1, -0.05) is 48.0 Å². The van der Waals surface area contributed by atoms with E-state index in [1.807, 2.05) is 80.9 Å². The Hall–Kier alpha value is -3.15. The van der Waals surface area contributed by atoms with Crippen molar-refractivity contribution < 1.29 is 4.79 Å². The first-order chi connectivity index (χ1) is 12.5. The molecule has 1 atom stereocenters. The second-order valence-corrected chi connectivity index (χ2v) is 6.42. The molecule has 134 valence electrons. The number of amides is 2. The highest BCUT2D eigenvalue weighted by molar-refractivity contribution is 5.90. The smallest absolute Gasteiger partial charge is 0.320 e. The number of benzene rings is 2. The molecular formula is C20H23N5O. The molecule has 6 heteroatoms. The van der Waals surface area contributed by atoms with Gasteiger partial charge in [-0.2, -0.15) is 0 Å². The van der Waals surface area contributed by atoms with Crippen molar-refractivity contribution in [2.45, 2.75) is 26.8 Å². The van der Waals surface area contributed by atoms with Crippen molar-refractivity contribution in [2.24, 2.45) is 7.05 Å². The molecule has 0 fully saturated rings. The van der Waals surface area contributed by atoms with E-state index >= 15 is 0 Å². The lowest BCUT2D eigenvalue weighted by Crippen LogP contribution is -2.34. The van der Waals surface area contributed by atoms with Gasteiger partial charge in [0.05, 0.1) is 0 Å². The van der Waals surface area contributed by atoms with Crippen LogP contribution in [0.2, 0.25) is 0 Å². The van der Waals surface area contributed by atoms with Gasteiger partial charge in [-0.05, 0) is 38.0 Å². The third kappa shape index (κ3) is 3.74. The van der Waals surface area contributed by atoms with Crippen LogP contribution in [0.15, 0.2) is 48.5 Å². The third-order valence-corrected chi connectivity index (χ3v) is 4.42. The topological polar surface area (TPSA) is 71.8 Å². The lowest BCUT2D eigenvalue weighted by Gasteiger charge is -2.19. The molecule has 26 heavy (non-hydrogen) atoms. The summed E-state index contributed by atoms with van der Waals surface area (Å²) >= 11 is 0. The fourth-order valence-corrected chi connectivity index (χ4v) is 2.86. The van der Waals surface area contributed by atoms with Gasteiger partial charge in [0.2, 0.25) is 0 Å². The van der Waals surface area contributed by atoms with Gasteiger partial charge in [-0.3, -0.25) is 0 Å². The molecule has 0 radical (unpaired) electrons. The number of nitrogens with one attached hydrogen (secondary N) is 2. The zero-order valence-corrected chi connectivity index (χ0v) is 15.4. The Morgan fingerprint density at radius 1 is 1.04 bits per heavy atom. The van der Waals surface area contributed by atoms with Crippen molar-refractivity contribution >= 4 is 11.7 Å². The predicted octanol–water partition coefficient (Wildman–Crippen LogP) is 3.65. The quantitative estimate of drug-likeness (QED) is 0.755. The molecule has 0 aliphatic heterocycles. The van der Waals surface area contributed by atoms with E-state index in [4.69, 9.17) is 0 Å². The van der Waals surface area contributed by atoms with Crippen molar-refractivity contribution in [3.05, 3.63) is 76.9 Å². The molecule has 1 aromatic heterocycles. The molecule has 2 aromatic carbocycles. The maximum absolute atomic E-state index is 12.6. The van der Waals surface area contributed by atoms with E-state index in [1.165, 1.54) is 0 Å². The normalized spacial score (nSPS) is 11.8. The molecule has 0 unspecified atom stereocenters. The van der Waals surface area contributed by atoms with Gasteiger partial charge in [0.15, 0.2) is 5.82 Å². The third-order valence-electron chi connectivity index (χ3n) is 4.42. The minimum absolute atomic E-state index is 0.286. The molecule has 0 bridgehead atoms. The summed E-state index contributed by atoms with van der Waals surface area (Å²) in [6.07, 6.45) is 0. The van der Waals surface area contributed by atoms with Crippen LogP contribution in [0.3, 0.4) is 0 Å². The van der Waals surface area contributed by atoms with Gasteiger partial charge in [0.25, 0.3) is 0 Å². The van der Waals surface area contributed by atoms with Gasteiger partial charge in [0.1, 0.15) is 11.9 Å². The van der Waals surface area contributed by atoms with E-state index in [9.17, 15) is 4.79 Å². The van der Waals surface area contributed by atoms with E-state index in [2.05, 4.69) is 20.8 Å². The summed E-state index contributed by atoms with van der Waals surface area (Å²) in [5.74, 6) is 1.47. The highest BCUT2D eigenvalue weighted by Crippen LogP contribution is 2.21. The minimum Gasteiger partial charge on any atom is -0.324 e. The van der Waals surface area contributed by atoms with Crippen molar-refractivity contribution in [1.29, 1.82) is 0 Å². The summed E-state index contributed by atoms with van der Waals surface area (Å²) in [6, 6.07) is 15.0. The van der Waals surface area contributed by atoms with Crippen LogP contribution in [-0.4, -0.2) is 20.8 Å². The number of hydrogen-bond acceptors (Lipinski definition) is 3.